The molecule has 1 saturated heterocycles. The van der Waals surface area contributed by atoms with Crippen LogP contribution in [0.25, 0.3) is 6.08 Å². The van der Waals surface area contributed by atoms with Gasteiger partial charge in [0.2, 0.25) is 0 Å². The van der Waals surface area contributed by atoms with Crippen molar-refractivity contribution in [2.45, 2.75) is 67.6 Å². The number of aliphatic hydroxyl groups excluding tert-OH is 8. The van der Waals surface area contributed by atoms with Crippen LogP contribution in [0.2, 0.25) is 0 Å². The monoisotopic (exact) mass is 598 g/mol. The van der Waals surface area contributed by atoms with Crippen LogP contribution in [0.3, 0.4) is 0 Å². The van der Waals surface area contributed by atoms with Crippen LogP contribution >= 0.6 is 0 Å². The van der Waals surface area contributed by atoms with E-state index in [1.165, 1.54) is 37.3 Å². The summed E-state index contributed by atoms with van der Waals surface area (Å²) in [4.78, 5) is 26.8. The minimum absolute atomic E-state index is 0.0763. The first-order valence-corrected chi connectivity index (χ1v) is 12.7. The van der Waals surface area contributed by atoms with Crippen LogP contribution in [-0.4, -0.2) is 142 Å². The second kappa shape index (κ2) is 13.5. The molecule has 0 saturated carbocycles. The summed E-state index contributed by atoms with van der Waals surface area (Å²) in [5, 5.41) is 113. The highest BCUT2D eigenvalue weighted by atomic mass is 16.6. The fourth-order valence-electron chi connectivity index (χ4n) is 4.59. The highest BCUT2D eigenvalue weighted by molar-refractivity contribution is 6.31. The average Bonchev–Trinajstić information content (AvgIpc) is 2.94. The van der Waals surface area contributed by atoms with E-state index in [0.29, 0.717) is 11.6 Å². The first kappa shape index (κ1) is 33.4. The lowest BCUT2D eigenvalue weighted by Gasteiger charge is -2.47. The molecule has 1 aromatic carbocycles. The van der Waals surface area contributed by atoms with Crippen molar-refractivity contribution in [1.29, 1.82) is 0 Å². The standard InChI is InChI=1S/C27H34O15/c1-11(30)16(9-28)41-23(26(38)39)14-8-27(40,25-22(36)21(35)20(34)17(10-29)42-25)24(37)18(19(14)33)15(32)7-4-12-2-5-13(31)6-3-12/h2-8,11,16-17,20-23,25-26,28-31,34-40H,9-10H2,1H3/b7-4+. The number of benzene rings is 1. The number of ketones is 2. The van der Waals surface area contributed by atoms with Gasteiger partial charge < -0.3 is 65.6 Å². The van der Waals surface area contributed by atoms with Crippen molar-refractivity contribution in [1.82, 2.24) is 0 Å². The number of Topliss-reactive ketones (excluding diaryl/α,β-unsaturated/α-hetero) is 1. The summed E-state index contributed by atoms with van der Waals surface area (Å²) in [6, 6.07) is 5.41. The summed E-state index contributed by atoms with van der Waals surface area (Å²) < 4.78 is 10.7. The predicted molar refractivity (Wildman–Crippen MR) is 139 cm³/mol. The molecule has 42 heavy (non-hydrogen) atoms. The molecule has 2 aliphatic rings. The molecule has 9 atom stereocenters. The number of allylic oxidation sites excluding steroid dienone is 2. The Morgan fingerprint density at radius 3 is 2.19 bits per heavy atom. The molecule has 9 unspecified atom stereocenters. The summed E-state index contributed by atoms with van der Waals surface area (Å²) in [6.45, 7) is -0.633. The first-order chi connectivity index (χ1) is 19.7. The fraction of sp³-hybridized carbons (Fsp3) is 0.481. The smallest absolute Gasteiger partial charge is 0.199 e. The Kier molecular flexibility index (Phi) is 10.7. The summed E-state index contributed by atoms with van der Waals surface area (Å²) in [5.74, 6) is -4.09. The van der Waals surface area contributed by atoms with Crippen LogP contribution < -0.4 is 0 Å². The number of aliphatic hydroxyl groups is 10. The summed E-state index contributed by atoms with van der Waals surface area (Å²) in [6.07, 6.45) is -15.1. The number of ether oxygens (including phenoxy) is 2. The second-order valence-electron chi connectivity index (χ2n) is 9.95. The molecule has 0 bridgehead atoms. The van der Waals surface area contributed by atoms with E-state index in [2.05, 4.69) is 0 Å². The quantitative estimate of drug-likeness (QED) is 0.0664. The van der Waals surface area contributed by atoms with Gasteiger partial charge in [-0.05, 0) is 36.8 Å². The minimum atomic E-state index is -3.09. The van der Waals surface area contributed by atoms with Gasteiger partial charge in [-0.1, -0.05) is 18.2 Å². The lowest BCUT2D eigenvalue weighted by molar-refractivity contribution is -0.260. The molecular formula is C27H34O15. The van der Waals surface area contributed by atoms with Gasteiger partial charge in [0.05, 0.1) is 19.3 Å². The van der Waals surface area contributed by atoms with Gasteiger partial charge in [-0.3, -0.25) is 9.59 Å². The number of phenolic OH excluding ortho intramolecular Hbond substituents is 1. The van der Waals surface area contributed by atoms with Crippen LogP contribution in [0, 0.1) is 0 Å². The van der Waals surface area contributed by atoms with Crippen molar-refractivity contribution in [3.05, 3.63) is 58.9 Å². The maximum Gasteiger partial charge on any atom is 0.199 e. The number of hydrogen-bond acceptors (Lipinski definition) is 15. The molecule has 1 aliphatic heterocycles. The van der Waals surface area contributed by atoms with E-state index >= 15 is 0 Å². The van der Waals surface area contributed by atoms with Crippen LogP contribution in [0.15, 0.2) is 53.3 Å². The van der Waals surface area contributed by atoms with Crippen LogP contribution in [0.4, 0.5) is 0 Å². The Morgan fingerprint density at radius 2 is 1.67 bits per heavy atom. The molecule has 1 aliphatic carbocycles. The summed E-state index contributed by atoms with van der Waals surface area (Å²) in [7, 11) is 0. The Bertz CT molecular complexity index is 1220. The fourth-order valence-corrected chi connectivity index (χ4v) is 4.59. The maximum atomic E-state index is 13.6. The molecule has 15 nitrogen and oxygen atoms in total. The van der Waals surface area contributed by atoms with E-state index in [0.717, 1.165) is 6.08 Å². The number of aromatic hydroxyl groups is 1. The maximum absolute atomic E-state index is 13.6. The molecule has 1 heterocycles. The molecule has 0 radical (unpaired) electrons. The topological polar surface area (TPSA) is 275 Å². The lowest BCUT2D eigenvalue weighted by Crippen LogP contribution is -2.66. The molecule has 0 amide bonds. The zero-order chi connectivity index (χ0) is 31.5. The molecule has 0 spiro atoms. The van der Waals surface area contributed by atoms with Gasteiger partial charge in [-0.25, -0.2) is 0 Å². The largest absolute Gasteiger partial charge is 0.508 e. The van der Waals surface area contributed by atoms with Gasteiger partial charge in [0.15, 0.2) is 23.5 Å². The van der Waals surface area contributed by atoms with E-state index < -0.39 is 102 Å². The Balaban J connectivity index is 2.19. The minimum Gasteiger partial charge on any atom is -0.508 e. The molecule has 1 aromatic rings. The Labute approximate surface area is 238 Å². The van der Waals surface area contributed by atoms with Crippen LogP contribution in [0.5, 0.6) is 5.75 Å². The van der Waals surface area contributed by atoms with E-state index in [1.54, 1.807) is 0 Å². The first-order valence-electron chi connectivity index (χ1n) is 12.7. The average molecular weight is 599 g/mol. The molecule has 15 heteroatoms. The van der Waals surface area contributed by atoms with Gasteiger partial charge in [-0.2, -0.15) is 0 Å². The van der Waals surface area contributed by atoms with Crippen LogP contribution in [0.1, 0.15) is 12.5 Å². The lowest BCUT2D eigenvalue weighted by atomic mass is 9.75. The van der Waals surface area contributed by atoms with Gasteiger partial charge in [0.25, 0.3) is 0 Å². The number of hydrogen-bond donors (Lipinski definition) is 11. The highest BCUT2D eigenvalue weighted by Crippen LogP contribution is 2.40. The van der Waals surface area contributed by atoms with Crippen molar-refractivity contribution in [2.24, 2.45) is 0 Å². The number of rotatable bonds is 11. The Hall–Kier alpha value is -3.06. The van der Waals surface area contributed by atoms with Crippen molar-refractivity contribution in [2.75, 3.05) is 13.2 Å². The number of carbonyl (C=O) groups is 2. The van der Waals surface area contributed by atoms with Gasteiger partial charge in [0.1, 0.15) is 59.8 Å². The van der Waals surface area contributed by atoms with Crippen molar-refractivity contribution in [3.8, 4) is 5.75 Å². The van der Waals surface area contributed by atoms with E-state index in [4.69, 9.17) is 9.47 Å². The van der Waals surface area contributed by atoms with Crippen LogP contribution in [-0.2, 0) is 19.1 Å². The molecular weight excluding hydrogens is 564 g/mol. The normalized spacial score (nSPS) is 30.9. The highest BCUT2D eigenvalue weighted by Gasteiger charge is 2.57. The zero-order valence-electron chi connectivity index (χ0n) is 22.2. The van der Waals surface area contributed by atoms with Gasteiger partial charge >= 0.3 is 0 Å². The molecule has 1 fully saturated rings. The third-order valence-electron chi connectivity index (χ3n) is 6.99. The molecule has 3 rings (SSSR count). The molecule has 0 aromatic heterocycles. The van der Waals surface area contributed by atoms with E-state index in [1.807, 2.05) is 0 Å². The van der Waals surface area contributed by atoms with E-state index in [-0.39, 0.29) is 5.75 Å². The van der Waals surface area contributed by atoms with E-state index in [9.17, 15) is 65.8 Å². The number of phenols is 1. The third-order valence-corrected chi connectivity index (χ3v) is 6.99. The predicted octanol–water partition coefficient (Wildman–Crippen LogP) is -3.69. The second-order valence-corrected chi connectivity index (χ2v) is 9.95. The van der Waals surface area contributed by atoms with Crippen molar-refractivity contribution >= 4 is 17.6 Å². The SMILES string of the molecule is CC(O)C(CO)OC(C1=CC(O)(C2OC(CO)C(O)C(O)C2O)C(O)=C(C(=O)/C=C/c2ccc(O)cc2)C1=O)C(O)O. The zero-order valence-corrected chi connectivity index (χ0v) is 22.2. The van der Waals surface area contributed by atoms with Crippen molar-refractivity contribution in [3.63, 3.8) is 0 Å². The number of carbonyl (C=O) groups excluding carboxylic acids is 2. The molecule has 11 N–H and O–H groups in total. The van der Waals surface area contributed by atoms with Gasteiger partial charge in [-0.15, -0.1) is 0 Å². The Morgan fingerprint density at radius 1 is 1.05 bits per heavy atom. The summed E-state index contributed by atoms with van der Waals surface area (Å²) >= 11 is 0. The summed E-state index contributed by atoms with van der Waals surface area (Å²) in [5.41, 5.74) is -4.76. The van der Waals surface area contributed by atoms with Gasteiger partial charge in [0, 0.05) is 5.57 Å². The third kappa shape index (κ3) is 6.61. The van der Waals surface area contributed by atoms with Crippen molar-refractivity contribution < 1.29 is 75.2 Å². The molecule has 232 valence electrons.